The Labute approximate surface area is 215 Å². The number of aryl methyl sites for hydroxylation is 1. The number of carbonyl (C=O) groups excluding carboxylic acids is 2. The van der Waals surface area contributed by atoms with E-state index in [9.17, 15) is 9.59 Å². The molecule has 0 fully saturated rings. The number of hydrogen-bond acceptors (Lipinski definition) is 3. The molecule has 0 aliphatic heterocycles. The lowest BCUT2D eigenvalue weighted by atomic mass is 10.0. The van der Waals surface area contributed by atoms with E-state index < -0.39 is 6.04 Å². The van der Waals surface area contributed by atoms with Crippen LogP contribution in [0.3, 0.4) is 0 Å². The van der Waals surface area contributed by atoms with Crippen LogP contribution in [0, 0.1) is 6.92 Å². The van der Waals surface area contributed by atoms with Crippen LogP contribution < -0.4 is 10.1 Å². The number of carbonyl (C=O) groups is 2. The number of amides is 2. The van der Waals surface area contributed by atoms with Crippen molar-refractivity contribution in [3.63, 3.8) is 0 Å². The number of nitrogens with zero attached hydrogens (tertiary/aromatic N) is 1. The van der Waals surface area contributed by atoms with Crippen molar-refractivity contribution in [3.05, 3.63) is 101 Å². The number of para-hydroxylation sites is 1. The Hall–Kier alpha value is -3.60. The molecule has 1 N–H and O–H groups in total. The largest absolute Gasteiger partial charge is 0.483 e. The van der Waals surface area contributed by atoms with Gasteiger partial charge in [0.2, 0.25) is 5.91 Å². The number of benzene rings is 3. The van der Waals surface area contributed by atoms with Gasteiger partial charge in [0, 0.05) is 19.5 Å². The second-order valence-electron chi connectivity index (χ2n) is 9.43. The average Bonchev–Trinajstić information content (AvgIpc) is 2.89. The molecule has 5 nitrogen and oxygen atoms in total. The minimum absolute atomic E-state index is 0.137. The van der Waals surface area contributed by atoms with Crippen molar-refractivity contribution in [1.29, 1.82) is 0 Å². The van der Waals surface area contributed by atoms with Crippen LogP contribution in [0.2, 0.25) is 0 Å². The number of ether oxygens (including phenoxy) is 1. The SMILES string of the molecule is CCCNC(=O)C(Cc1ccccc1)N(Cc1ccccc1C)C(=O)COc1ccccc1C(C)C. The van der Waals surface area contributed by atoms with Crippen molar-refractivity contribution in [2.75, 3.05) is 13.2 Å². The van der Waals surface area contributed by atoms with E-state index in [1.807, 2.05) is 92.7 Å². The maximum absolute atomic E-state index is 13.7. The van der Waals surface area contributed by atoms with Crippen molar-refractivity contribution in [2.45, 2.75) is 59.0 Å². The summed E-state index contributed by atoms with van der Waals surface area (Å²) in [7, 11) is 0. The molecular weight excluding hydrogens is 448 g/mol. The van der Waals surface area contributed by atoms with Crippen LogP contribution in [0.5, 0.6) is 5.75 Å². The Morgan fingerprint density at radius 2 is 1.58 bits per heavy atom. The van der Waals surface area contributed by atoms with Crippen molar-refractivity contribution in [2.24, 2.45) is 0 Å². The third-order valence-corrected chi connectivity index (χ3v) is 6.31. The minimum atomic E-state index is -0.657. The fourth-order valence-corrected chi connectivity index (χ4v) is 4.20. The highest BCUT2D eigenvalue weighted by Crippen LogP contribution is 2.26. The first-order valence-electron chi connectivity index (χ1n) is 12.8. The number of hydrogen-bond donors (Lipinski definition) is 1. The van der Waals surface area contributed by atoms with E-state index in [1.165, 1.54) is 0 Å². The molecule has 3 aromatic rings. The van der Waals surface area contributed by atoms with E-state index in [0.29, 0.717) is 25.3 Å². The summed E-state index contributed by atoms with van der Waals surface area (Å²) in [5, 5.41) is 3.01. The van der Waals surface area contributed by atoms with Crippen molar-refractivity contribution in [1.82, 2.24) is 10.2 Å². The molecule has 190 valence electrons. The van der Waals surface area contributed by atoms with Gasteiger partial charge in [0.25, 0.3) is 5.91 Å². The summed E-state index contributed by atoms with van der Waals surface area (Å²) >= 11 is 0. The smallest absolute Gasteiger partial charge is 0.261 e. The van der Waals surface area contributed by atoms with Crippen LogP contribution in [0.4, 0.5) is 0 Å². The van der Waals surface area contributed by atoms with Crippen LogP contribution >= 0.6 is 0 Å². The van der Waals surface area contributed by atoms with E-state index in [4.69, 9.17) is 4.74 Å². The summed E-state index contributed by atoms with van der Waals surface area (Å²) in [5.74, 6) is 0.603. The van der Waals surface area contributed by atoms with Crippen molar-refractivity contribution < 1.29 is 14.3 Å². The monoisotopic (exact) mass is 486 g/mol. The Balaban J connectivity index is 1.92. The molecule has 0 aliphatic carbocycles. The first kappa shape index (κ1) is 27.0. The minimum Gasteiger partial charge on any atom is -0.483 e. The summed E-state index contributed by atoms with van der Waals surface area (Å²) < 4.78 is 6.05. The van der Waals surface area contributed by atoms with Crippen LogP contribution in [0.15, 0.2) is 78.9 Å². The zero-order valence-electron chi connectivity index (χ0n) is 21.9. The highest BCUT2D eigenvalue weighted by atomic mass is 16.5. The van der Waals surface area contributed by atoms with Gasteiger partial charge in [-0.3, -0.25) is 9.59 Å². The molecule has 1 unspecified atom stereocenters. The molecule has 0 saturated carbocycles. The molecule has 2 amide bonds. The van der Waals surface area contributed by atoms with Crippen LogP contribution in [-0.4, -0.2) is 35.9 Å². The average molecular weight is 487 g/mol. The second-order valence-corrected chi connectivity index (χ2v) is 9.43. The van der Waals surface area contributed by atoms with E-state index in [0.717, 1.165) is 28.7 Å². The standard InChI is InChI=1S/C31H38N2O3/c1-5-19-32-31(35)28(20-25-14-7-6-8-15-25)33(21-26-16-10-9-13-24(26)4)30(34)22-36-29-18-12-11-17-27(29)23(2)3/h6-18,23,28H,5,19-22H2,1-4H3,(H,32,35). The first-order valence-corrected chi connectivity index (χ1v) is 12.8. The molecular formula is C31H38N2O3. The van der Waals surface area contributed by atoms with Crippen LogP contribution in [0.1, 0.15) is 55.4 Å². The number of nitrogens with one attached hydrogen (secondary N) is 1. The highest BCUT2D eigenvalue weighted by molar-refractivity contribution is 5.88. The van der Waals surface area contributed by atoms with E-state index in [2.05, 4.69) is 19.2 Å². The van der Waals surface area contributed by atoms with Crippen LogP contribution in [0.25, 0.3) is 0 Å². The van der Waals surface area contributed by atoms with Crippen molar-refractivity contribution >= 4 is 11.8 Å². The Morgan fingerprint density at radius 3 is 2.28 bits per heavy atom. The second kappa shape index (κ2) is 13.5. The lowest BCUT2D eigenvalue weighted by Gasteiger charge is -2.32. The molecule has 3 aromatic carbocycles. The van der Waals surface area contributed by atoms with Gasteiger partial charge in [0.15, 0.2) is 6.61 Å². The molecule has 0 aromatic heterocycles. The van der Waals surface area contributed by atoms with Gasteiger partial charge >= 0.3 is 0 Å². The fraction of sp³-hybridized carbons (Fsp3) is 0.355. The summed E-state index contributed by atoms with van der Waals surface area (Å²) in [6.07, 6.45) is 1.25. The summed E-state index contributed by atoms with van der Waals surface area (Å²) in [4.78, 5) is 28.8. The maximum atomic E-state index is 13.7. The van der Waals surface area contributed by atoms with Gasteiger partial charge in [0.05, 0.1) is 0 Å². The Morgan fingerprint density at radius 1 is 0.917 bits per heavy atom. The first-order chi connectivity index (χ1) is 17.4. The van der Waals surface area contributed by atoms with Gasteiger partial charge < -0.3 is 15.0 Å². The zero-order chi connectivity index (χ0) is 25.9. The lowest BCUT2D eigenvalue weighted by Crippen LogP contribution is -2.51. The third-order valence-electron chi connectivity index (χ3n) is 6.31. The summed E-state index contributed by atoms with van der Waals surface area (Å²) in [6.45, 7) is 9.00. The van der Waals surface area contributed by atoms with Crippen molar-refractivity contribution in [3.8, 4) is 5.75 Å². The Bertz CT molecular complexity index is 1130. The molecule has 3 rings (SSSR count). The van der Waals surface area contributed by atoms with E-state index >= 15 is 0 Å². The molecule has 1 atom stereocenters. The lowest BCUT2D eigenvalue weighted by molar-refractivity contribution is -0.142. The summed E-state index contributed by atoms with van der Waals surface area (Å²) in [6, 6.07) is 25.0. The highest BCUT2D eigenvalue weighted by Gasteiger charge is 2.31. The molecule has 0 bridgehead atoms. The van der Waals surface area contributed by atoms with Gasteiger partial charge in [-0.05, 0) is 47.6 Å². The normalized spacial score (nSPS) is 11.7. The topological polar surface area (TPSA) is 58.6 Å². The predicted molar refractivity (Wildman–Crippen MR) is 145 cm³/mol. The van der Waals surface area contributed by atoms with Gasteiger partial charge in [-0.1, -0.05) is 93.6 Å². The predicted octanol–water partition coefficient (Wildman–Crippen LogP) is 5.66. The zero-order valence-corrected chi connectivity index (χ0v) is 21.9. The molecule has 36 heavy (non-hydrogen) atoms. The molecule has 0 spiro atoms. The maximum Gasteiger partial charge on any atom is 0.261 e. The quantitative estimate of drug-likeness (QED) is 0.359. The van der Waals surface area contributed by atoms with Crippen LogP contribution in [-0.2, 0) is 22.6 Å². The van der Waals surface area contributed by atoms with E-state index in [-0.39, 0.29) is 24.3 Å². The van der Waals surface area contributed by atoms with Gasteiger partial charge in [0.1, 0.15) is 11.8 Å². The molecule has 5 heteroatoms. The molecule has 0 radical (unpaired) electrons. The third kappa shape index (κ3) is 7.45. The molecule has 0 aliphatic rings. The van der Waals surface area contributed by atoms with Gasteiger partial charge in [-0.2, -0.15) is 0 Å². The molecule has 0 heterocycles. The molecule has 0 saturated heterocycles. The summed E-state index contributed by atoms with van der Waals surface area (Å²) in [5.41, 5.74) is 4.14. The van der Waals surface area contributed by atoms with Gasteiger partial charge in [-0.25, -0.2) is 0 Å². The van der Waals surface area contributed by atoms with E-state index in [1.54, 1.807) is 4.90 Å². The fourth-order valence-electron chi connectivity index (χ4n) is 4.20. The number of rotatable bonds is 12. The van der Waals surface area contributed by atoms with Gasteiger partial charge in [-0.15, -0.1) is 0 Å². The Kier molecular flexibility index (Phi) is 10.1.